The van der Waals surface area contributed by atoms with Gasteiger partial charge in [-0.2, -0.15) is 0 Å². The van der Waals surface area contributed by atoms with E-state index in [1.54, 1.807) is 0 Å². The molecule has 6 aromatic carbocycles. The van der Waals surface area contributed by atoms with E-state index < -0.39 is 0 Å². The maximum atomic E-state index is 5.15. The summed E-state index contributed by atoms with van der Waals surface area (Å²) in [7, 11) is 0. The van der Waals surface area contributed by atoms with Gasteiger partial charge in [-0.3, -0.25) is 0 Å². The van der Waals surface area contributed by atoms with Crippen molar-refractivity contribution in [1.29, 1.82) is 0 Å². The van der Waals surface area contributed by atoms with Gasteiger partial charge in [-0.1, -0.05) is 133 Å². The molecule has 3 aromatic heterocycles. The molecule has 0 radical (unpaired) electrons. The van der Waals surface area contributed by atoms with Crippen LogP contribution in [0.4, 0.5) is 0 Å². The Morgan fingerprint density at radius 3 is 1.70 bits per heavy atom. The average molecular weight is 580 g/mol. The van der Waals surface area contributed by atoms with Crippen LogP contribution in [0.1, 0.15) is 0 Å². The van der Waals surface area contributed by atoms with E-state index in [1.807, 2.05) is 35.6 Å². The largest absolute Gasteiger partial charge is 0.339 e. The van der Waals surface area contributed by atoms with E-state index >= 15 is 0 Å². The van der Waals surface area contributed by atoms with Gasteiger partial charge in [-0.05, 0) is 34.4 Å². The van der Waals surface area contributed by atoms with Gasteiger partial charge in [0.2, 0.25) is 0 Å². The molecule has 0 aliphatic heterocycles. The molecule has 3 nitrogen and oxygen atoms in total. The van der Waals surface area contributed by atoms with Crippen molar-refractivity contribution in [2.75, 3.05) is 0 Å². The van der Waals surface area contributed by atoms with Crippen LogP contribution in [0.5, 0.6) is 0 Å². The Morgan fingerprint density at radius 1 is 0.455 bits per heavy atom. The Labute approximate surface area is 258 Å². The molecule has 0 atom stereocenters. The SMILES string of the molecule is c1ccc(-c2nc(-c3ccccc3)c3c(n2)[nH]c2ccc(-c4cccc5c4sc4c(-c6ccccc6)cccc45)cc23)cc1. The van der Waals surface area contributed by atoms with Crippen molar-refractivity contribution in [2.45, 2.75) is 0 Å². The second kappa shape index (κ2) is 10.0. The lowest BCUT2D eigenvalue weighted by molar-refractivity contribution is 1.21. The molecule has 3 heterocycles. The van der Waals surface area contributed by atoms with E-state index in [9.17, 15) is 0 Å². The van der Waals surface area contributed by atoms with Gasteiger partial charge in [0.05, 0.1) is 11.1 Å². The molecule has 206 valence electrons. The molecule has 9 aromatic rings. The molecule has 0 fully saturated rings. The van der Waals surface area contributed by atoms with E-state index in [1.165, 1.54) is 42.4 Å². The van der Waals surface area contributed by atoms with Crippen molar-refractivity contribution in [3.8, 4) is 44.9 Å². The van der Waals surface area contributed by atoms with Crippen molar-refractivity contribution in [1.82, 2.24) is 15.0 Å². The minimum Gasteiger partial charge on any atom is -0.339 e. The molecule has 44 heavy (non-hydrogen) atoms. The number of aromatic nitrogens is 3. The minimum atomic E-state index is 0.716. The Balaban J connectivity index is 1.28. The monoisotopic (exact) mass is 579 g/mol. The standard InChI is InChI=1S/C40H25N3S/c1-4-12-25(13-5-1)29-18-10-20-31-32-21-11-19-30(38(32)44-37(29)31)28-22-23-34-33(24-28)35-36(26-14-6-2-7-15-26)42-39(43-40(35)41-34)27-16-8-3-9-17-27/h1-24H,(H,41,42,43). The van der Waals surface area contributed by atoms with Crippen LogP contribution in [0.25, 0.3) is 87.0 Å². The van der Waals surface area contributed by atoms with Crippen LogP contribution in [-0.4, -0.2) is 15.0 Å². The van der Waals surface area contributed by atoms with Gasteiger partial charge in [0.1, 0.15) is 5.65 Å². The summed E-state index contributed by atoms with van der Waals surface area (Å²) in [6, 6.07) is 51.4. The average Bonchev–Trinajstić information content (AvgIpc) is 3.67. The van der Waals surface area contributed by atoms with E-state index in [-0.39, 0.29) is 0 Å². The van der Waals surface area contributed by atoms with Crippen molar-refractivity contribution in [3.05, 3.63) is 146 Å². The quantitative estimate of drug-likeness (QED) is 0.225. The summed E-state index contributed by atoms with van der Waals surface area (Å²) in [6.45, 7) is 0. The fraction of sp³-hybridized carbons (Fsp3) is 0. The molecule has 0 saturated heterocycles. The maximum absolute atomic E-state index is 5.15. The van der Waals surface area contributed by atoms with Gasteiger partial charge in [-0.25, -0.2) is 9.97 Å². The van der Waals surface area contributed by atoms with Gasteiger partial charge in [0.15, 0.2) is 5.82 Å². The van der Waals surface area contributed by atoms with Crippen molar-refractivity contribution in [2.24, 2.45) is 0 Å². The zero-order valence-corrected chi connectivity index (χ0v) is 24.5. The second-order valence-electron chi connectivity index (χ2n) is 11.1. The highest BCUT2D eigenvalue weighted by Crippen LogP contribution is 2.44. The Kier molecular flexibility index (Phi) is 5.68. The van der Waals surface area contributed by atoms with Crippen LogP contribution in [0.3, 0.4) is 0 Å². The first-order valence-electron chi connectivity index (χ1n) is 14.8. The highest BCUT2D eigenvalue weighted by molar-refractivity contribution is 7.26. The third-order valence-corrected chi connectivity index (χ3v) is 9.74. The van der Waals surface area contributed by atoms with Gasteiger partial charge >= 0.3 is 0 Å². The van der Waals surface area contributed by atoms with Crippen LogP contribution in [0, 0.1) is 0 Å². The zero-order valence-electron chi connectivity index (χ0n) is 23.7. The lowest BCUT2D eigenvalue weighted by Gasteiger charge is -2.08. The van der Waals surface area contributed by atoms with Gasteiger partial charge < -0.3 is 4.98 Å². The molecule has 0 bridgehead atoms. The lowest BCUT2D eigenvalue weighted by atomic mass is 9.98. The first kappa shape index (κ1) is 25.0. The van der Waals surface area contributed by atoms with Crippen LogP contribution < -0.4 is 0 Å². The molecule has 1 N–H and O–H groups in total. The van der Waals surface area contributed by atoms with Crippen molar-refractivity contribution >= 4 is 53.4 Å². The summed E-state index contributed by atoms with van der Waals surface area (Å²) in [5.74, 6) is 0.716. The molecule has 0 spiro atoms. The molecule has 0 aliphatic carbocycles. The number of nitrogens with one attached hydrogen (secondary N) is 1. The fourth-order valence-corrected chi connectivity index (χ4v) is 7.75. The first-order valence-corrected chi connectivity index (χ1v) is 15.6. The Hall–Kier alpha value is -5.58. The van der Waals surface area contributed by atoms with E-state index in [0.717, 1.165) is 38.8 Å². The first-order chi connectivity index (χ1) is 21.8. The van der Waals surface area contributed by atoms with Crippen LogP contribution in [0.15, 0.2) is 146 Å². The summed E-state index contributed by atoms with van der Waals surface area (Å²) in [4.78, 5) is 13.8. The van der Waals surface area contributed by atoms with E-state index in [0.29, 0.717) is 5.82 Å². The highest BCUT2D eigenvalue weighted by Gasteiger charge is 2.18. The minimum absolute atomic E-state index is 0.716. The van der Waals surface area contributed by atoms with E-state index in [4.69, 9.17) is 9.97 Å². The normalized spacial score (nSPS) is 11.6. The number of aromatic amines is 1. The third kappa shape index (κ3) is 3.96. The van der Waals surface area contributed by atoms with Crippen LogP contribution in [-0.2, 0) is 0 Å². The molecule has 4 heteroatoms. The predicted molar refractivity (Wildman–Crippen MR) is 186 cm³/mol. The topological polar surface area (TPSA) is 41.6 Å². The fourth-order valence-electron chi connectivity index (χ4n) is 6.38. The molecule has 0 unspecified atom stereocenters. The summed E-state index contributed by atoms with van der Waals surface area (Å²) < 4.78 is 2.62. The zero-order chi connectivity index (χ0) is 29.0. The van der Waals surface area contributed by atoms with E-state index in [2.05, 4.69) is 126 Å². The Morgan fingerprint density at radius 2 is 1.05 bits per heavy atom. The number of hydrogen-bond acceptors (Lipinski definition) is 3. The predicted octanol–water partition coefficient (Wildman–Crippen LogP) is 11.1. The number of nitrogens with zero attached hydrogens (tertiary/aromatic N) is 2. The van der Waals surface area contributed by atoms with Crippen LogP contribution in [0.2, 0.25) is 0 Å². The van der Waals surface area contributed by atoms with Crippen molar-refractivity contribution < 1.29 is 0 Å². The van der Waals surface area contributed by atoms with Gasteiger partial charge in [0, 0.05) is 42.2 Å². The summed E-state index contributed by atoms with van der Waals surface area (Å²) in [6.07, 6.45) is 0. The molecule has 0 aliphatic rings. The molecular weight excluding hydrogens is 555 g/mol. The molecule has 0 saturated carbocycles. The molecule has 9 rings (SSSR count). The number of H-pyrrole nitrogens is 1. The third-order valence-electron chi connectivity index (χ3n) is 8.45. The Bertz CT molecular complexity index is 2480. The summed E-state index contributed by atoms with van der Waals surface area (Å²) in [5, 5.41) is 4.76. The highest BCUT2D eigenvalue weighted by atomic mass is 32.1. The van der Waals surface area contributed by atoms with Crippen molar-refractivity contribution in [3.63, 3.8) is 0 Å². The maximum Gasteiger partial charge on any atom is 0.162 e. The summed E-state index contributed by atoms with van der Waals surface area (Å²) >= 11 is 1.88. The molecule has 0 amide bonds. The summed E-state index contributed by atoms with van der Waals surface area (Å²) in [5.41, 5.74) is 9.85. The number of rotatable bonds is 4. The molecular formula is C40H25N3S. The van der Waals surface area contributed by atoms with Gasteiger partial charge in [0.25, 0.3) is 0 Å². The van der Waals surface area contributed by atoms with Crippen LogP contribution >= 0.6 is 11.3 Å². The second-order valence-corrected chi connectivity index (χ2v) is 12.1. The number of benzene rings is 6. The van der Waals surface area contributed by atoms with Gasteiger partial charge in [-0.15, -0.1) is 11.3 Å². The number of hydrogen-bond donors (Lipinski definition) is 1. The smallest absolute Gasteiger partial charge is 0.162 e. The number of thiophene rings is 1. The number of fused-ring (bicyclic) bond motifs is 6. The lowest BCUT2D eigenvalue weighted by Crippen LogP contribution is -1.94.